The number of alkyl halides is 3. The van der Waals surface area contributed by atoms with E-state index in [4.69, 9.17) is 14.1 Å². The molecule has 326 valence electrons. The number of benzene rings is 2. The molecular formula is C42H52F3N4O9S2+. The van der Waals surface area contributed by atoms with Crippen molar-refractivity contribution in [3.63, 3.8) is 0 Å². The van der Waals surface area contributed by atoms with E-state index >= 15 is 13.2 Å². The van der Waals surface area contributed by atoms with Gasteiger partial charge >= 0.3 is 18.1 Å². The van der Waals surface area contributed by atoms with Gasteiger partial charge in [0.1, 0.15) is 18.0 Å². The molecule has 5 heterocycles. The molecule has 0 bridgehead atoms. The summed E-state index contributed by atoms with van der Waals surface area (Å²) in [6.45, 7) is 13.7. The van der Waals surface area contributed by atoms with Crippen LogP contribution in [-0.2, 0) is 28.9 Å². The third-order valence-corrected chi connectivity index (χ3v) is 14.7. The molecule has 0 unspecified atom stereocenters. The Hall–Kier alpha value is -3.94. The molecule has 0 spiro atoms. The van der Waals surface area contributed by atoms with Crippen molar-refractivity contribution in [2.45, 2.75) is 84.5 Å². The molecule has 0 saturated carbocycles. The Bertz CT molecular complexity index is 2380. The quantitative estimate of drug-likeness (QED) is 0.0890. The first-order valence-electron chi connectivity index (χ1n) is 20.3. The van der Waals surface area contributed by atoms with Crippen LogP contribution in [0, 0.1) is 11.8 Å². The lowest BCUT2D eigenvalue weighted by Crippen LogP contribution is -2.50. The van der Waals surface area contributed by atoms with Crippen LogP contribution in [0.2, 0.25) is 0 Å². The molecule has 0 aromatic heterocycles. The Kier molecular flexibility index (Phi) is 12.1. The highest BCUT2D eigenvalue weighted by molar-refractivity contribution is 7.95. The molecule has 2 aromatic carbocycles. The highest BCUT2D eigenvalue weighted by atomic mass is 32.2. The van der Waals surface area contributed by atoms with Gasteiger partial charge in [-0.15, -0.1) is 9.32 Å². The minimum Gasteiger partial charge on any atom is -0.481 e. The number of sulfonamides is 1. The number of hydrogen-bond donors (Lipinski definition) is 2. The Labute approximate surface area is 351 Å². The predicted octanol–water partition coefficient (Wildman–Crippen LogP) is 5.68. The average molecular weight is 878 g/mol. The lowest BCUT2D eigenvalue weighted by Gasteiger charge is -2.43. The lowest BCUT2D eigenvalue weighted by molar-refractivity contribution is -0.365. The van der Waals surface area contributed by atoms with Gasteiger partial charge in [0.05, 0.1) is 40.3 Å². The van der Waals surface area contributed by atoms with E-state index < -0.39 is 62.4 Å². The molecule has 18 heteroatoms. The third-order valence-electron chi connectivity index (χ3n) is 12.3. The van der Waals surface area contributed by atoms with Crippen molar-refractivity contribution in [2.24, 2.45) is 11.8 Å². The summed E-state index contributed by atoms with van der Waals surface area (Å²) >= 11 is 0.983. The number of fused-ring (bicyclic) bond motifs is 4. The molecule has 2 aromatic rings. The molecule has 2 fully saturated rings. The van der Waals surface area contributed by atoms with Crippen LogP contribution >= 0.6 is 12.0 Å². The Morgan fingerprint density at radius 2 is 1.52 bits per heavy atom. The molecule has 5 aliphatic heterocycles. The van der Waals surface area contributed by atoms with Gasteiger partial charge in [-0.05, 0) is 82.7 Å². The van der Waals surface area contributed by atoms with Crippen LogP contribution in [0.3, 0.4) is 0 Å². The maximum Gasteiger partial charge on any atom is 0.417 e. The molecule has 0 radical (unpaired) electrons. The van der Waals surface area contributed by atoms with Crippen molar-refractivity contribution in [1.82, 2.24) is 13.9 Å². The normalized spacial score (nSPS) is 21.0. The van der Waals surface area contributed by atoms with Crippen LogP contribution in [0.15, 0.2) is 36.4 Å². The molecule has 2 saturated heterocycles. The first-order valence-corrected chi connectivity index (χ1v) is 22.8. The fraction of sp³-hybridized carbons (Fsp3) is 0.548. The van der Waals surface area contributed by atoms with E-state index in [1.165, 1.54) is 16.4 Å². The van der Waals surface area contributed by atoms with Gasteiger partial charge in [-0.3, -0.25) is 9.59 Å². The number of hydroxylamine groups is 2. The SMILES string of the molecule is CCN1c2cc3c(cc2C(CSOON2CCC(C(=O)O)CC2)=CC1(C)C)C(C(F)(F)F)=c1cc2c(cc1O3)=[N+](CC)C(C)(C)C=C2CS(=O)(=O)N1CCC(C(=O)O)CC1. The van der Waals surface area contributed by atoms with Crippen LogP contribution in [-0.4, -0.2) is 108 Å². The highest BCUT2D eigenvalue weighted by Crippen LogP contribution is 2.49. The molecule has 2 N–H and O–H groups in total. The van der Waals surface area contributed by atoms with Crippen molar-refractivity contribution < 1.29 is 55.5 Å². The number of likely N-dealkylation sites (N-methyl/N-ethyl adjacent to an activating group) is 2. The van der Waals surface area contributed by atoms with Gasteiger partial charge in [-0.25, -0.2) is 17.3 Å². The summed E-state index contributed by atoms with van der Waals surface area (Å²) in [6.07, 6.45) is 0.145. The molecular weight excluding hydrogens is 826 g/mol. The predicted molar refractivity (Wildman–Crippen MR) is 222 cm³/mol. The van der Waals surface area contributed by atoms with Gasteiger partial charge in [0.15, 0.2) is 5.54 Å². The minimum absolute atomic E-state index is 0.00463. The molecule has 13 nitrogen and oxygen atoms in total. The van der Waals surface area contributed by atoms with Gasteiger partial charge in [-0.1, -0.05) is 6.08 Å². The van der Waals surface area contributed by atoms with E-state index in [1.54, 1.807) is 23.3 Å². The van der Waals surface area contributed by atoms with Crippen molar-refractivity contribution in [3.8, 4) is 11.5 Å². The number of rotatable bonds is 12. The first-order chi connectivity index (χ1) is 28.1. The number of halogens is 3. The van der Waals surface area contributed by atoms with Gasteiger partial charge in [0.25, 0.3) is 0 Å². The maximum absolute atomic E-state index is 15.6. The van der Waals surface area contributed by atoms with E-state index in [0.717, 1.165) is 17.6 Å². The number of carbonyl (C=O) groups is 2. The molecule has 0 amide bonds. The zero-order valence-electron chi connectivity index (χ0n) is 34.6. The van der Waals surface area contributed by atoms with Gasteiger partial charge in [0, 0.05) is 92.5 Å². The number of piperidine rings is 2. The van der Waals surface area contributed by atoms with Crippen LogP contribution in [0.25, 0.3) is 16.7 Å². The Balaban J connectivity index is 1.28. The number of hydrogen-bond acceptors (Lipinski definition) is 10. The standard InChI is InChI=1S/C42H51F3N4O9S2/c1-7-48-33-19-35-31(17-29(33)27(21-40(48,3)4)23-59-58-57-46-13-9-25(10-14-46)38(50)51)37(42(43,44)45)32-18-30-28(22-41(5,6)49(8-2)34(30)20-36(32)56-35)24-60(54,55)47-15-11-26(12-16-47)39(52)53/h17-22,25-26H,7-16,23-24H2,1-6H3,(H-,50,51,52,53)/p+1. The van der Waals surface area contributed by atoms with E-state index in [0.29, 0.717) is 66.8 Å². The van der Waals surface area contributed by atoms with Gasteiger partial charge in [-0.2, -0.15) is 18.2 Å². The molecule has 5 aliphatic rings. The Morgan fingerprint density at radius 1 is 0.883 bits per heavy atom. The number of carboxylic acid groups (broad SMARTS) is 2. The van der Waals surface area contributed by atoms with Gasteiger partial charge in [0.2, 0.25) is 15.4 Å². The minimum atomic E-state index is -4.85. The van der Waals surface area contributed by atoms with E-state index in [2.05, 4.69) is 4.90 Å². The van der Waals surface area contributed by atoms with Gasteiger partial charge < -0.3 is 19.8 Å². The van der Waals surface area contributed by atoms with Crippen molar-refractivity contribution in [3.05, 3.63) is 63.7 Å². The number of ether oxygens (including phenoxy) is 1. The monoisotopic (exact) mass is 877 g/mol. The summed E-state index contributed by atoms with van der Waals surface area (Å²) in [5.74, 6) is -3.07. The second kappa shape index (κ2) is 16.4. The van der Waals surface area contributed by atoms with Crippen molar-refractivity contribution in [1.29, 1.82) is 0 Å². The van der Waals surface area contributed by atoms with Crippen LogP contribution in [0.1, 0.15) is 83.9 Å². The van der Waals surface area contributed by atoms with Crippen LogP contribution < -0.4 is 24.8 Å². The summed E-state index contributed by atoms with van der Waals surface area (Å²) in [4.78, 5) is 30.4. The smallest absolute Gasteiger partial charge is 0.417 e. The average Bonchev–Trinajstić information content (AvgIpc) is 3.16. The summed E-state index contributed by atoms with van der Waals surface area (Å²) in [5, 5.41) is 20.6. The van der Waals surface area contributed by atoms with E-state index in [9.17, 15) is 28.2 Å². The van der Waals surface area contributed by atoms with Crippen molar-refractivity contribution in [2.75, 3.05) is 55.7 Å². The van der Waals surface area contributed by atoms with E-state index in [1.807, 2.05) is 52.2 Å². The maximum atomic E-state index is 15.6. The number of anilines is 1. The topological polar surface area (TPSA) is 149 Å². The molecule has 0 atom stereocenters. The van der Waals surface area contributed by atoms with E-state index in [-0.39, 0.29) is 54.0 Å². The third kappa shape index (κ3) is 8.47. The summed E-state index contributed by atoms with van der Waals surface area (Å²) in [5.41, 5.74) is 0.400. The number of nitrogens with zero attached hydrogens (tertiary/aromatic N) is 4. The molecule has 60 heavy (non-hydrogen) atoms. The lowest BCUT2D eigenvalue weighted by atomic mass is 9.85. The summed E-state index contributed by atoms with van der Waals surface area (Å²) in [6, 6.07) is 6.18. The fourth-order valence-electron chi connectivity index (χ4n) is 9.41. The number of aliphatic carboxylic acids is 2. The first kappa shape index (κ1) is 44.1. The second-order valence-electron chi connectivity index (χ2n) is 17.1. The Morgan fingerprint density at radius 3 is 2.10 bits per heavy atom. The largest absolute Gasteiger partial charge is 0.481 e. The second-order valence-corrected chi connectivity index (χ2v) is 19.7. The van der Waals surface area contributed by atoms with Crippen LogP contribution in [0.4, 0.5) is 18.9 Å². The van der Waals surface area contributed by atoms with Crippen LogP contribution in [0.5, 0.6) is 11.5 Å². The zero-order chi connectivity index (χ0) is 43.5. The fourth-order valence-corrected chi connectivity index (χ4v) is 11.5. The molecule has 7 rings (SSSR count). The van der Waals surface area contributed by atoms with Crippen molar-refractivity contribution >= 4 is 56.4 Å². The zero-order valence-corrected chi connectivity index (χ0v) is 36.2. The highest BCUT2D eigenvalue weighted by Gasteiger charge is 2.44. The molecule has 0 aliphatic carbocycles. The number of carboxylic acids is 2. The summed E-state index contributed by atoms with van der Waals surface area (Å²) < 4.78 is 89.9. The summed E-state index contributed by atoms with van der Waals surface area (Å²) in [7, 11) is -3.98.